The van der Waals surface area contributed by atoms with E-state index in [1.807, 2.05) is 0 Å². The first kappa shape index (κ1) is 22.7. The molecule has 0 heterocycles. The monoisotopic (exact) mass is 444 g/mol. The Kier molecular flexibility index (Phi) is 5.49. The molecule has 0 aromatic heterocycles. The van der Waals surface area contributed by atoms with Crippen molar-refractivity contribution in [2.75, 3.05) is 7.11 Å². The van der Waals surface area contributed by atoms with Gasteiger partial charge in [0.15, 0.2) is 0 Å². The van der Waals surface area contributed by atoms with Crippen LogP contribution in [0.1, 0.15) is 98.3 Å². The van der Waals surface area contributed by atoms with Gasteiger partial charge in [0.25, 0.3) is 0 Å². The molecule has 0 aromatic rings. The number of hydrogen-bond acceptors (Lipinski definition) is 4. The van der Waals surface area contributed by atoms with E-state index in [-0.39, 0.29) is 23.5 Å². The van der Waals surface area contributed by atoms with E-state index in [4.69, 9.17) is 9.47 Å². The first-order valence-electron chi connectivity index (χ1n) is 13.4. The highest BCUT2D eigenvalue weighted by molar-refractivity contribution is 5.77. The molecule has 0 bridgehead atoms. The van der Waals surface area contributed by atoms with E-state index in [1.165, 1.54) is 51.4 Å². The lowest BCUT2D eigenvalue weighted by atomic mass is 9.37. The molecule has 10 atom stereocenters. The fraction of sp³-hybridized carbons (Fsp3) is 0.929. The van der Waals surface area contributed by atoms with Gasteiger partial charge in [0.05, 0.1) is 12.5 Å². The molecule has 180 valence electrons. The van der Waals surface area contributed by atoms with Crippen LogP contribution in [-0.2, 0) is 19.1 Å². The Labute approximate surface area is 194 Å². The van der Waals surface area contributed by atoms with E-state index in [9.17, 15) is 9.59 Å². The fourth-order valence-corrected chi connectivity index (χ4v) is 10.7. The van der Waals surface area contributed by atoms with Crippen LogP contribution in [0.25, 0.3) is 0 Å². The molecular formula is C28H44O4. The first-order valence-corrected chi connectivity index (χ1v) is 13.4. The molecule has 5 rings (SSSR count). The van der Waals surface area contributed by atoms with Crippen LogP contribution < -0.4 is 0 Å². The van der Waals surface area contributed by atoms with E-state index in [0.29, 0.717) is 34.5 Å². The molecule has 32 heavy (non-hydrogen) atoms. The number of carbonyl (C=O) groups excluding carboxylic acids is 2. The minimum atomic E-state index is -0.184. The topological polar surface area (TPSA) is 52.6 Å². The van der Waals surface area contributed by atoms with Crippen molar-refractivity contribution in [3.05, 3.63) is 0 Å². The van der Waals surface area contributed by atoms with Crippen LogP contribution in [-0.4, -0.2) is 25.2 Å². The summed E-state index contributed by atoms with van der Waals surface area (Å²) in [6.07, 6.45) is 13.2. The predicted octanol–water partition coefficient (Wildman–Crippen LogP) is 6.17. The number of fused-ring (bicyclic) bond motifs is 7. The third-order valence-electron chi connectivity index (χ3n) is 11.9. The van der Waals surface area contributed by atoms with Crippen LogP contribution in [0.5, 0.6) is 0 Å². The van der Waals surface area contributed by atoms with Crippen LogP contribution in [0.15, 0.2) is 0 Å². The summed E-state index contributed by atoms with van der Waals surface area (Å²) in [7, 11) is 1.59. The van der Waals surface area contributed by atoms with Crippen molar-refractivity contribution < 1.29 is 19.1 Å². The Bertz CT molecular complexity index is 777. The van der Waals surface area contributed by atoms with Crippen molar-refractivity contribution in [3.63, 3.8) is 0 Å². The third kappa shape index (κ3) is 2.99. The molecule has 10 unspecified atom stereocenters. The third-order valence-corrected chi connectivity index (χ3v) is 11.9. The van der Waals surface area contributed by atoms with E-state index in [1.54, 1.807) is 14.0 Å². The van der Waals surface area contributed by atoms with Gasteiger partial charge in [-0.3, -0.25) is 9.59 Å². The van der Waals surface area contributed by atoms with Gasteiger partial charge in [0.1, 0.15) is 6.10 Å². The van der Waals surface area contributed by atoms with E-state index in [2.05, 4.69) is 20.8 Å². The van der Waals surface area contributed by atoms with Crippen LogP contribution in [0, 0.1) is 51.8 Å². The number of carbonyl (C=O) groups is 2. The first-order chi connectivity index (χ1) is 15.2. The lowest BCUT2D eigenvalue weighted by Gasteiger charge is -2.67. The second-order valence-corrected chi connectivity index (χ2v) is 12.8. The summed E-state index contributed by atoms with van der Waals surface area (Å²) < 4.78 is 11.1. The van der Waals surface area contributed by atoms with Crippen molar-refractivity contribution in [1.82, 2.24) is 0 Å². The maximum Gasteiger partial charge on any atom is 0.312 e. The van der Waals surface area contributed by atoms with E-state index < -0.39 is 0 Å². The van der Waals surface area contributed by atoms with Gasteiger partial charge in [-0.15, -0.1) is 0 Å². The molecule has 5 saturated carbocycles. The number of hydrogen-bond donors (Lipinski definition) is 0. The molecule has 5 aliphatic rings. The minimum absolute atomic E-state index is 0.0824. The number of rotatable bonds is 2. The number of esters is 2. The van der Waals surface area contributed by atoms with Gasteiger partial charge in [0.2, 0.25) is 0 Å². The van der Waals surface area contributed by atoms with Crippen molar-refractivity contribution in [2.24, 2.45) is 51.8 Å². The quantitative estimate of drug-likeness (QED) is 0.478. The highest BCUT2D eigenvalue weighted by Crippen LogP contribution is 2.71. The molecule has 5 fully saturated rings. The average molecular weight is 445 g/mol. The van der Waals surface area contributed by atoms with Gasteiger partial charge in [-0.1, -0.05) is 27.2 Å². The highest BCUT2D eigenvalue weighted by atomic mass is 16.5. The molecule has 5 aliphatic carbocycles. The van der Waals surface area contributed by atoms with E-state index in [0.717, 1.165) is 31.1 Å². The number of ether oxygens (including phenoxy) is 2. The standard InChI is InChI=1S/C28H44O4/c1-17-20-10-14-27(4)21-11-16-28(25(30)31-5)13-6-7-22(28)19(21)8-9-24(27)26(20,3)15-12-23(17)32-18(2)29/h17,19-24H,6-16H2,1-5H3. The molecule has 0 aliphatic heterocycles. The fourth-order valence-electron chi connectivity index (χ4n) is 10.7. The Morgan fingerprint density at radius 1 is 0.812 bits per heavy atom. The smallest absolute Gasteiger partial charge is 0.312 e. The SMILES string of the molecule is COC(=O)C12CCCC1C1CCC3C4(C)CCC(OC(C)=O)C(C)C4CCC3(C)C1CC2. The van der Waals surface area contributed by atoms with Gasteiger partial charge in [-0.05, 0) is 111 Å². The summed E-state index contributed by atoms with van der Waals surface area (Å²) in [5.41, 5.74) is 0.546. The van der Waals surface area contributed by atoms with Crippen molar-refractivity contribution in [1.29, 1.82) is 0 Å². The summed E-state index contributed by atoms with van der Waals surface area (Å²) in [5, 5.41) is 0. The zero-order chi connectivity index (χ0) is 22.9. The predicted molar refractivity (Wildman–Crippen MR) is 124 cm³/mol. The minimum Gasteiger partial charge on any atom is -0.469 e. The maximum atomic E-state index is 12.9. The van der Waals surface area contributed by atoms with Crippen molar-refractivity contribution in [2.45, 2.75) is 104 Å². The molecular weight excluding hydrogens is 400 g/mol. The van der Waals surface area contributed by atoms with Gasteiger partial charge >= 0.3 is 11.9 Å². The summed E-state index contributed by atoms with van der Waals surface area (Å²) in [4.78, 5) is 24.6. The number of methoxy groups -OCH3 is 1. The Hall–Kier alpha value is -1.06. The zero-order valence-electron chi connectivity index (χ0n) is 21.0. The molecule has 0 radical (unpaired) electrons. The van der Waals surface area contributed by atoms with Gasteiger partial charge < -0.3 is 9.47 Å². The summed E-state index contributed by atoms with van der Waals surface area (Å²) in [5.74, 6) is 3.80. The van der Waals surface area contributed by atoms with E-state index >= 15 is 0 Å². The normalized spacial score (nSPS) is 52.1. The summed E-state index contributed by atoms with van der Waals surface area (Å²) >= 11 is 0. The lowest BCUT2D eigenvalue weighted by molar-refractivity contribution is -0.204. The molecule has 0 N–H and O–H groups in total. The van der Waals surface area contributed by atoms with Crippen LogP contribution in [0.3, 0.4) is 0 Å². The van der Waals surface area contributed by atoms with Crippen LogP contribution >= 0.6 is 0 Å². The molecule has 0 amide bonds. The van der Waals surface area contributed by atoms with Gasteiger partial charge in [0, 0.05) is 6.92 Å². The molecule has 0 spiro atoms. The molecule has 0 aromatic carbocycles. The summed E-state index contributed by atoms with van der Waals surface area (Å²) in [6.45, 7) is 9.10. The zero-order valence-corrected chi connectivity index (χ0v) is 21.0. The summed E-state index contributed by atoms with van der Waals surface area (Å²) in [6, 6.07) is 0. The Balaban J connectivity index is 1.41. The van der Waals surface area contributed by atoms with Crippen molar-refractivity contribution in [3.8, 4) is 0 Å². The van der Waals surface area contributed by atoms with Crippen LogP contribution in [0.4, 0.5) is 0 Å². The Morgan fingerprint density at radius 2 is 1.50 bits per heavy atom. The van der Waals surface area contributed by atoms with Gasteiger partial charge in [-0.2, -0.15) is 0 Å². The lowest BCUT2D eigenvalue weighted by Crippen LogP contribution is -2.61. The average Bonchev–Trinajstić information content (AvgIpc) is 3.20. The maximum absolute atomic E-state index is 12.9. The van der Waals surface area contributed by atoms with Gasteiger partial charge in [-0.25, -0.2) is 0 Å². The largest absolute Gasteiger partial charge is 0.469 e. The molecule has 4 heteroatoms. The highest BCUT2D eigenvalue weighted by Gasteiger charge is 2.66. The second kappa shape index (κ2) is 7.73. The molecule has 0 saturated heterocycles. The second-order valence-electron chi connectivity index (χ2n) is 12.8. The van der Waals surface area contributed by atoms with Crippen LogP contribution in [0.2, 0.25) is 0 Å². The molecule has 4 nitrogen and oxygen atoms in total. The van der Waals surface area contributed by atoms with Crippen molar-refractivity contribution >= 4 is 11.9 Å². The Morgan fingerprint density at radius 3 is 2.22 bits per heavy atom.